The van der Waals surface area contributed by atoms with Gasteiger partial charge in [0, 0.05) is 41.5 Å². The zero-order valence-corrected chi connectivity index (χ0v) is 23.6. The van der Waals surface area contributed by atoms with E-state index in [0.717, 1.165) is 67.5 Å². The molecule has 7 nitrogen and oxygen atoms in total. The third-order valence-electron chi connectivity index (χ3n) is 8.28. The fraction of sp³-hybridized carbons (Fsp3) is 0.452. The number of nitrogens with zero attached hydrogens (tertiary/aromatic N) is 2. The lowest BCUT2D eigenvalue weighted by Gasteiger charge is -2.24. The summed E-state index contributed by atoms with van der Waals surface area (Å²) in [6, 6.07) is 6.19. The van der Waals surface area contributed by atoms with Crippen LogP contribution in [0.1, 0.15) is 76.9 Å². The number of carbonyl (C=O) groups excluding carboxylic acids is 1. The number of benzene rings is 1. The minimum Gasteiger partial charge on any atom is -0.381 e. The van der Waals surface area contributed by atoms with Crippen LogP contribution in [-0.4, -0.2) is 45.6 Å². The molecule has 6 rings (SSSR count). The molecule has 0 spiro atoms. The van der Waals surface area contributed by atoms with Crippen LogP contribution in [0.5, 0.6) is 0 Å². The number of aromatic nitrogens is 2. The number of hydrogen-bond acceptors (Lipinski definition) is 6. The number of aliphatic hydroxyl groups is 1. The Labute approximate surface area is 244 Å². The summed E-state index contributed by atoms with van der Waals surface area (Å²) in [4.78, 5) is 36.8. The fourth-order valence-corrected chi connectivity index (χ4v) is 6.74. The standard InChI is InChI=1S/C31H30F3N3O4S/c32-31(33,34)22-4-1-3-21(16-22)26(38)28(40)37-12-2-5-24-23(17-37)27(39)36-29(35-24)30(10-11-30)25-15-20(18-42-25)7-6-19-8-13-41-14-9-19/h1,3-4,15-16,18-19,26,38H,2,5,8-14,17H2,(H,35,36,39). The van der Waals surface area contributed by atoms with E-state index < -0.39 is 23.8 Å². The van der Waals surface area contributed by atoms with Gasteiger partial charge in [-0.3, -0.25) is 9.59 Å². The number of aryl methyl sites for hydroxylation is 1. The van der Waals surface area contributed by atoms with Crippen molar-refractivity contribution in [1.82, 2.24) is 14.9 Å². The van der Waals surface area contributed by atoms with Crippen LogP contribution in [0.4, 0.5) is 13.2 Å². The Morgan fingerprint density at radius 3 is 2.76 bits per heavy atom. The minimum absolute atomic E-state index is 0.0786. The smallest absolute Gasteiger partial charge is 0.381 e. The lowest BCUT2D eigenvalue weighted by Crippen LogP contribution is -2.36. The highest BCUT2D eigenvalue weighted by atomic mass is 32.1. The highest BCUT2D eigenvalue weighted by Gasteiger charge is 2.50. The molecule has 2 fully saturated rings. The Hall–Kier alpha value is -3.46. The van der Waals surface area contributed by atoms with Crippen LogP contribution < -0.4 is 5.56 Å². The SMILES string of the molecule is O=C(C(O)c1cccc(C(F)(F)F)c1)N1CCCc2nc(C3(c4cc(C#CC5CCOCC5)cs4)CC3)[nH]c(=O)c2C1. The maximum absolute atomic E-state index is 13.3. The van der Waals surface area contributed by atoms with Crippen LogP contribution >= 0.6 is 11.3 Å². The molecule has 42 heavy (non-hydrogen) atoms. The largest absolute Gasteiger partial charge is 0.416 e. The van der Waals surface area contributed by atoms with Gasteiger partial charge < -0.3 is 19.7 Å². The Balaban J connectivity index is 1.20. The number of amides is 1. The third kappa shape index (κ3) is 5.76. The van der Waals surface area contributed by atoms with Crippen LogP contribution in [0.3, 0.4) is 0 Å². The average molecular weight is 598 g/mol. The number of H-pyrrole nitrogens is 1. The van der Waals surface area contributed by atoms with E-state index in [4.69, 9.17) is 9.72 Å². The number of halogens is 3. The molecule has 1 atom stereocenters. The van der Waals surface area contributed by atoms with Gasteiger partial charge in [-0.2, -0.15) is 13.2 Å². The molecule has 2 N–H and O–H groups in total. The molecule has 220 valence electrons. The van der Waals surface area contributed by atoms with Gasteiger partial charge in [0.2, 0.25) is 0 Å². The molecule has 11 heteroatoms. The molecule has 1 saturated heterocycles. The van der Waals surface area contributed by atoms with Gasteiger partial charge in [0.25, 0.3) is 11.5 Å². The first-order valence-electron chi connectivity index (χ1n) is 14.1. The van der Waals surface area contributed by atoms with Crippen molar-refractivity contribution in [3.8, 4) is 11.8 Å². The van der Waals surface area contributed by atoms with Gasteiger partial charge in [-0.15, -0.1) is 11.3 Å². The third-order valence-corrected chi connectivity index (χ3v) is 9.42. The van der Waals surface area contributed by atoms with Crippen molar-refractivity contribution in [3.05, 3.63) is 84.7 Å². The molecule has 1 aromatic carbocycles. The van der Waals surface area contributed by atoms with Gasteiger partial charge in [-0.25, -0.2) is 4.98 Å². The van der Waals surface area contributed by atoms with E-state index in [2.05, 4.69) is 22.9 Å². The molecule has 2 aliphatic heterocycles. The number of nitrogens with one attached hydrogen (secondary N) is 1. The number of ether oxygens (including phenoxy) is 1. The second-order valence-electron chi connectivity index (χ2n) is 11.2. The Morgan fingerprint density at radius 2 is 2.02 bits per heavy atom. The van der Waals surface area contributed by atoms with Gasteiger partial charge in [0.05, 0.1) is 28.8 Å². The molecule has 1 amide bonds. The van der Waals surface area contributed by atoms with Crippen molar-refractivity contribution in [3.63, 3.8) is 0 Å². The van der Waals surface area contributed by atoms with E-state index >= 15 is 0 Å². The summed E-state index contributed by atoms with van der Waals surface area (Å²) in [7, 11) is 0. The zero-order chi connectivity index (χ0) is 29.5. The Bertz CT molecular complexity index is 1610. The van der Waals surface area contributed by atoms with Crippen molar-refractivity contribution < 1.29 is 27.8 Å². The summed E-state index contributed by atoms with van der Waals surface area (Å²) in [5, 5.41) is 12.7. The summed E-state index contributed by atoms with van der Waals surface area (Å²) in [5.74, 6) is 6.87. The van der Waals surface area contributed by atoms with E-state index in [1.807, 2.05) is 5.38 Å². The molecule has 0 radical (unpaired) electrons. The predicted octanol–water partition coefficient (Wildman–Crippen LogP) is 4.72. The number of hydrogen-bond donors (Lipinski definition) is 2. The number of aliphatic hydroxyl groups excluding tert-OH is 1. The molecule has 2 aromatic heterocycles. The van der Waals surface area contributed by atoms with Gasteiger partial charge in [-0.05, 0) is 62.3 Å². The number of carbonyl (C=O) groups is 1. The molecule has 1 unspecified atom stereocenters. The molecule has 3 aliphatic rings. The van der Waals surface area contributed by atoms with Gasteiger partial charge >= 0.3 is 6.18 Å². The number of thiophene rings is 1. The summed E-state index contributed by atoms with van der Waals surface area (Å²) in [6.45, 7) is 1.66. The van der Waals surface area contributed by atoms with Crippen molar-refractivity contribution in [1.29, 1.82) is 0 Å². The summed E-state index contributed by atoms with van der Waals surface area (Å²) in [6.07, 6.45) is -1.80. The quantitative estimate of drug-likeness (QED) is 0.425. The first kappa shape index (κ1) is 28.6. The van der Waals surface area contributed by atoms with Crippen LogP contribution in [0.25, 0.3) is 0 Å². The highest BCUT2D eigenvalue weighted by Crippen LogP contribution is 2.54. The van der Waals surface area contributed by atoms with E-state index in [1.54, 1.807) is 11.3 Å². The van der Waals surface area contributed by atoms with E-state index in [-0.39, 0.29) is 29.6 Å². The number of aromatic amines is 1. The topological polar surface area (TPSA) is 95.5 Å². The van der Waals surface area contributed by atoms with Crippen LogP contribution in [-0.2, 0) is 34.1 Å². The van der Waals surface area contributed by atoms with Crippen LogP contribution in [0.15, 0.2) is 40.5 Å². The van der Waals surface area contributed by atoms with Crippen molar-refractivity contribution in [2.45, 2.75) is 62.8 Å². The van der Waals surface area contributed by atoms with Gasteiger partial charge in [0.1, 0.15) is 5.82 Å². The predicted molar refractivity (Wildman–Crippen MR) is 150 cm³/mol. The lowest BCUT2D eigenvalue weighted by molar-refractivity contribution is -0.142. The van der Waals surface area contributed by atoms with E-state index in [1.165, 1.54) is 11.0 Å². The maximum Gasteiger partial charge on any atom is 0.416 e. The van der Waals surface area contributed by atoms with Gasteiger partial charge in [0.15, 0.2) is 6.10 Å². The first-order chi connectivity index (χ1) is 20.1. The summed E-state index contributed by atoms with van der Waals surface area (Å²) in [5.41, 5.74) is 0.110. The molecule has 1 aliphatic carbocycles. The summed E-state index contributed by atoms with van der Waals surface area (Å²) >= 11 is 1.62. The molecule has 3 aromatic rings. The lowest BCUT2D eigenvalue weighted by atomic mass is 10.00. The normalized spacial score (nSPS) is 19.3. The minimum atomic E-state index is -4.60. The molecular formula is C31H30F3N3O4S. The fourth-order valence-electron chi connectivity index (χ4n) is 5.64. The molecular weight excluding hydrogens is 567 g/mol. The van der Waals surface area contributed by atoms with E-state index in [9.17, 15) is 27.9 Å². The first-order valence-corrected chi connectivity index (χ1v) is 15.0. The number of rotatable bonds is 4. The number of alkyl halides is 3. The van der Waals surface area contributed by atoms with Gasteiger partial charge in [-0.1, -0.05) is 24.0 Å². The van der Waals surface area contributed by atoms with Crippen LogP contribution in [0, 0.1) is 17.8 Å². The second-order valence-corrected chi connectivity index (χ2v) is 12.1. The Kier molecular flexibility index (Phi) is 7.72. The monoisotopic (exact) mass is 597 g/mol. The highest BCUT2D eigenvalue weighted by molar-refractivity contribution is 7.10. The van der Waals surface area contributed by atoms with Crippen LogP contribution in [0.2, 0.25) is 0 Å². The van der Waals surface area contributed by atoms with Crippen molar-refractivity contribution in [2.24, 2.45) is 5.92 Å². The second kappa shape index (κ2) is 11.3. The molecule has 0 bridgehead atoms. The number of fused-ring (bicyclic) bond motifs is 1. The Morgan fingerprint density at radius 1 is 1.24 bits per heavy atom. The van der Waals surface area contributed by atoms with Crippen molar-refractivity contribution in [2.75, 3.05) is 19.8 Å². The van der Waals surface area contributed by atoms with E-state index in [0.29, 0.717) is 35.8 Å². The average Bonchev–Trinajstić information content (AvgIpc) is 3.71. The zero-order valence-electron chi connectivity index (χ0n) is 22.8. The molecule has 1 saturated carbocycles. The molecule has 4 heterocycles. The van der Waals surface area contributed by atoms with Crippen molar-refractivity contribution >= 4 is 17.2 Å². The maximum atomic E-state index is 13.3. The summed E-state index contributed by atoms with van der Waals surface area (Å²) < 4.78 is 44.9.